The molecule has 3 aromatic heterocycles. The summed E-state index contributed by atoms with van der Waals surface area (Å²) in [4.78, 5) is 15.2. The Kier molecular flexibility index (Phi) is 4.51. The standard InChI is InChI=1S/C18H16N6O4S/c1-11-9-15(22-21-11)19-16-14-3-2-8-24(14)23-18(20-16)29(27,28)10-12-4-6-13(7-5-12)17(25)26/h2-9H,10H2,1H3,(H,25,26)(H2,19,20,21,22,23). The molecule has 10 nitrogen and oxygen atoms in total. The normalized spacial score (nSPS) is 11.6. The average molecular weight is 412 g/mol. The Hall–Kier alpha value is -3.73. The van der Waals surface area contributed by atoms with Crippen molar-refractivity contribution in [2.75, 3.05) is 5.32 Å². The summed E-state index contributed by atoms with van der Waals surface area (Å²) in [5.74, 6) is -0.640. The summed E-state index contributed by atoms with van der Waals surface area (Å²) in [6.45, 7) is 1.84. The number of nitrogens with one attached hydrogen (secondary N) is 2. The molecule has 0 spiro atoms. The van der Waals surface area contributed by atoms with Crippen molar-refractivity contribution >= 4 is 33.0 Å². The monoisotopic (exact) mass is 412 g/mol. The molecule has 0 saturated heterocycles. The lowest BCUT2D eigenvalue weighted by molar-refractivity contribution is 0.0697. The minimum Gasteiger partial charge on any atom is -0.478 e. The van der Waals surface area contributed by atoms with Crippen LogP contribution in [0.1, 0.15) is 21.6 Å². The molecule has 11 heteroatoms. The van der Waals surface area contributed by atoms with Crippen molar-refractivity contribution < 1.29 is 18.3 Å². The van der Waals surface area contributed by atoms with E-state index in [9.17, 15) is 13.2 Å². The van der Waals surface area contributed by atoms with Crippen LogP contribution in [0.4, 0.5) is 11.6 Å². The lowest BCUT2D eigenvalue weighted by Gasteiger charge is -2.09. The number of aromatic amines is 1. The second-order valence-corrected chi connectivity index (χ2v) is 8.29. The van der Waals surface area contributed by atoms with Crippen molar-refractivity contribution in [1.82, 2.24) is 24.8 Å². The summed E-state index contributed by atoms with van der Waals surface area (Å²) in [5, 5.41) is 22.6. The second kappa shape index (κ2) is 7.02. The van der Waals surface area contributed by atoms with Crippen molar-refractivity contribution in [1.29, 1.82) is 0 Å². The van der Waals surface area contributed by atoms with Gasteiger partial charge in [0.25, 0.3) is 5.16 Å². The number of rotatable bonds is 6. The molecule has 148 valence electrons. The van der Waals surface area contributed by atoms with Gasteiger partial charge >= 0.3 is 5.97 Å². The molecule has 0 amide bonds. The van der Waals surface area contributed by atoms with Gasteiger partial charge in [-0.1, -0.05) is 12.1 Å². The topological polar surface area (TPSA) is 142 Å². The van der Waals surface area contributed by atoms with Crippen LogP contribution in [0.3, 0.4) is 0 Å². The van der Waals surface area contributed by atoms with Crippen molar-refractivity contribution in [2.45, 2.75) is 17.8 Å². The van der Waals surface area contributed by atoms with E-state index in [1.807, 2.05) is 6.92 Å². The van der Waals surface area contributed by atoms with Gasteiger partial charge in [0, 0.05) is 18.0 Å². The Balaban J connectivity index is 1.69. The third kappa shape index (κ3) is 3.80. The lowest BCUT2D eigenvalue weighted by Crippen LogP contribution is -2.13. The number of sulfone groups is 1. The van der Waals surface area contributed by atoms with Crippen LogP contribution in [-0.2, 0) is 15.6 Å². The van der Waals surface area contributed by atoms with Gasteiger partial charge in [-0.25, -0.2) is 17.7 Å². The van der Waals surface area contributed by atoms with E-state index in [1.54, 1.807) is 24.4 Å². The molecule has 0 aliphatic carbocycles. The van der Waals surface area contributed by atoms with Gasteiger partial charge in [0.05, 0.1) is 11.3 Å². The number of anilines is 2. The predicted molar refractivity (Wildman–Crippen MR) is 104 cm³/mol. The molecule has 3 heterocycles. The number of carboxylic acids is 1. The zero-order valence-corrected chi connectivity index (χ0v) is 16.0. The summed E-state index contributed by atoms with van der Waals surface area (Å²) in [6.07, 6.45) is 1.62. The van der Waals surface area contributed by atoms with Crippen LogP contribution >= 0.6 is 0 Å². The number of nitrogens with zero attached hydrogens (tertiary/aromatic N) is 4. The number of carboxylic acid groups (broad SMARTS) is 1. The van der Waals surface area contributed by atoms with Gasteiger partial charge in [0.15, 0.2) is 11.6 Å². The second-order valence-electron chi connectivity index (χ2n) is 6.40. The fourth-order valence-corrected chi connectivity index (χ4v) is 3.97. The van der Waals surface area contributed by atoms with Gasteiger partial charge < -0.3 is 10.4 Å². The Morgan fingerprint density at radius 1 is 1.24 bits per heavy atom. The molecule has 0 aliphatic rings. The number of H-pyrrole nitrogens is 1. The number of hydrogen-bond donors (Lipinski definition) is 3. The highest BCUT2D eigenvalue weighted by Gasteiger charge is 2.22. The highest BCUT2D eigenvalue weighted by molar-refractivity contribution is 7.90. The van der Waals surface area contributed by atoms with E-state index in [-0.39, 0.29) is 16.5 Å². The summed E-state index contributed by atoms with van der Waals surface area (Å²) in [5.41, 5.74) is 1.95. The summed E-state index contributed by atoms with van der Waals surface area (Å²) in [6, 6.07) is 10.9. The minimum atomic E-state index is -3.88. The zero-order valence-electron chi connectivity index (χ0n) is 15.2. The first-order valence-electron chi connectivity index (χ1n) is 8.51. The lowest BCUT2D eigenvalue weighted by atomic mass is 10.1. The molecule has 0 fully saturated rings. The van der Waals surface area contributed by atoms with Crippen molar-refractivity contribution in [3.63, 3.8) is 0 Å². The first kappa shape index (κ1) is 18.6. The fourth-order valence-electron chi connectivity index (χ4n) is 2.77. The summed E-state index contributed by atoms with van der Waals surface area (Å²) in [7, 11) is -3.88. The number of benzene rings is 1. The highest BCUT2D eigenvalue weighted by atomic mass is 32.2. The van der Waals surface area contributed by atoms with Crippen LogP contribution < -0.4 is 5.32 Å². The van der Waals surface area contributed by atoms with Crippen LogP contribution in [0.5, 0.6) is 0 Å². The molecule has 0 radical (unpaired) electrons. The third-order valence-corrected chi connectivity index (χ3v) is 5.60. The van der Waals surface area contributed by atoms with Gasteiger partial charge in [0.2, 0.25) is 9.84 Å². The number of aryl methyl sites for hydroxylation is 1. The highest BCUT2D eigenvalue weighted by Crippen LogP contribution is 2.22. The Morgan fingerprint density at radius 2 is 2.00 bits per heavy atom. The van der Waals surface area contributed by atoms with E-state index in [0.29, 0.717) is 22.7 Å². The zero-order chi connectivity index (χ0) is 20.6. The minimum absolute atomic E-state index is 0.0805. The molecule has 4 rings (SSSR count). The number of fused-ring (bicyclic) bond motifs is 1. The van der Waals surface area contributed by atoms with Gasteiger partial charge in [-0.3, -0.25) is 5.10 Å². The predicted octanol–water partition coefficient (Wildman–Crippen LogP) is 2.18. The van der Waals surface area contributed by atoms with Crippen LogP contribution in [-0.4, -0.2) is 44.3 Å². The molecule has 3 N–H and O–H groups in total. The summed E-state index contributed by atoms with van der Waals surface area (Å²) >= 11 is 0. The Labute approximate surface area is 165 Å². The molecule has 0 unspecified atom stereocenters. The van der Waals surface area contributed by atoms with E-state index in [0.717, 1.165) is 5.69 Å². The average Bonchev–Trinajstić information content (AvgIpc) is 3.30. The fraction of sp³-hybridized carbons (Fsp3) is 0.111. The van der Waals surface area contributed by atoms with Crippen molar-refractivity contribution in [3.05, 3.63) is 65.5 Å². The van der Waals surface area contributed by atoms with E-state index in [2.05, 4.69) is 25.6 Å². The molecule has 0 saturated carbocycles. The summed E-state index contributed by atoms with van der Waals surface area (Å²) < 4.78 is 27.2. The largest absolute Gasteiger partial charge is 0.478 e. The number of aromatic nitrogens is 5. The molecule has 4 aromatic rings. The van der Waals surface area contributed by atoms with Crippen LogP contribution in [0.25, 0.3) is 5.52 Å². The number of carbonyl (C=O) groups is 1. The van der Waals surface area contributed by atoms with E-state index in [1.165, 1.54) is 28.8 Å². The Morgan fingerprint density at radius 3 is 2.66 bits per heavy atom. The number of hydrogen-bond acceptors (Lipinski definition) is 7. The van der Waals surface area contributed by atoms with Gasteiger partial charge in [-0.05, 0) is 36.8 Å². The molecule has 0 atom stereocenters. The number of aromatic carboxylic acids is 1. The van der Waals surface area contributed by atoms with Crippen molar-refractivity contribution in [2.24, 2.45) is 0 Å². The van der Waals surface area contributed by atoms with Crippen LogP contribution in [0.15, 0.2) is 53.8 Å². The van der Waals surface area contributed by atoms with Crippen LogP contribution in [0.2, 0.25) is 0 Å². The molecule has 0 bridgehead atoms. The molecule has 0 aliphatic heterocycles. The quantitative estimate of drug-likeness (QED) is 0.437. The Bertz CT molecular complexity index is 1310. The first-order valence-corrected chi connectivity index (χ1v) is 10.2. The van der Waals surface area contributed by atoms with E-state index < -0.39 is 15.8 Å². The molecular formula is C18H16N6O4S. The maximum atomic E-state index is 12.9. The SMILES string of the molecule is Cc1cc(Nc2nc(S(=O)(=O)Cc3ccc(C(=O)O)cc3)nn3cccc23)n[nH]1. The van der Waals surface area contributed by atoms with E-state index >= 15 is 0 Å². The maximum Gasteiger partial charge on any atom is 0.335 e. The molecular weight excluding hydrogens is 396 g/mol. The van der Waals surface area contributed by atoms with Gasteiger partial charge in [-0.2, -0.15) is 10.1 Å². The van der Waals surface area contributed by atoms with Gasteiger partial charge in [0.1, 0.15) is 5.52 Å². The third-order valence-electron chi connectivity index (χ3n) is 4.16. The smallest absolute Gasteiger partial charge is 0.335 e. The maximum absolute atomic E-state index is 12.9. The van der Waals surface area contributed by atoms with Crippen LogP contribution in [0, 0.1) is 6.92 Å². The molecule has 29 heavy (non-hydrogen) atoms. The molecule has 1 aromatic carbocycles. The van der Waals surface area contributed by atoms with E-state index in [4.69, 9.17) is 5.11 Å². The van der Waals surface area contributed by atoms with Crippen molar-refractivity contribution in [3.8, 4) is 0 Å². The van der Waals surface area contributed by atoms with Gasteiger partial charge in [-0.15, -0.1) is 5.10 Å². The first-order chi connectivity index (χ1) is 13.8.